The molecule has 4 nitrogen and oxygen atoms in total. The molecule has 1 atom stereocenters. The number of Topliss-reactive ketones (excluding diaryl/α,β-unsaturated/α-hetero) is 1. The maximum Gasteiger partial charge on any atom is 0.181 e. The molecule has 1 aliphatic rings. The average Bonchev–Trinajstić information content (AvgIpc) is 2.55. The molecule has 6 heteroatoms. The summed E-state index contributed by atoms with van der Waals surface area (Å²) in [6.45, 7) is 3.79. The van der Waals surface area contributed by atoms with E-state index < -0.39 is 10.1 Å². The Kier molecular flexibility index (Phi) is 9.02. The third-order valence-electron chi connectivity index (χ3n) is 4.21. The third-order valence-corrected chi connectivity index (χ3v) is 7.45. The highest BCUT2D eigenvalue weighted by Crippen LogP contribution is 2.24. The highest BCUT2D eigenvalue weighted by molar-refractivity contribution is 7.97. The van der Waals surface area contributed by atoms with E-state index in [0.29, 0.717) is 16.7 Å². The predicted octanol–water partition coefficient (Wildman–Crippen LogP) is 3.45. The molecule has 0 amide bonds. The van der Waals surface area contributed by atoms with Crippen LogP contribution in [0.5, 0.6) is 0 Å². The molecule has 2 rings (SSSR count). The lowest BCUT2D eigenvalue weighted by molar-refractivity contribution is -0.116. The Bertz CT molecular complexity index is 602. The summed E-state index contributed by atoms with van der Waals surface area (Å²) in [5.41, 5.74) is 0.928. The van der Waals surface area contributed by atoms with Crippen LogP contribution in [0.25, 0.3) is 0 Å². The Morgan fingerprint density at radius 1 is 1.17 bits per heavy atom. The molecule has 1 aliphatic carbocycles. The van der Waals surface area contributed by atoms with Crippen molar-refractivity contribution in [3.63, 3.8) is 0 Å². The molecule has 0 saturated heterocycles. The number of ketones is 1. The van der Waals surface area contributed by atoms with Gasteiger partial charge in [0.2, 0.25) is 0 Å². The van der Waals surface area contributed by atoms with Crippen molar-refractivity contribution in [1.29, 1.82) is 0 Å². The number of carbonyl (C=O) groups is 1. The van der Waals surface area contributed by atoms with E-state index >= 15 is 0 Å². The van der Waals surface area contributed by atoms with E-state index in [4.69, 9.17) is 0 Å². The fraction of sp³-hybridized carbons (Fsp3) is 0.611. The van der Waals surface area contributed by atoms with Gasteiger partial charge in [0.15, 0.2) is 11.5 Å². The van der Waals surface area contributed by atoms with Crippen LogP contribution in [-0.2, 0) is 25.8 Å². The molecule has 1 fully saturated rings. The molecule has 0 aliphatic heterocycles. The lowest BCUT2D eigenvalue weighted by atomic mass is 10.0. The Hall–Kier alpha value is -0.850. The van der Waals surface area contributed by atoms with Crippen LogP contribution in [0.4, 0.5) is 0 Å². The summed E-state index contributed by atoms with van der Waals surface area (Å²) < 4.78 is 31.2. The van der Waals surface area contributed by atoms with Crippen molar-refractivity contribution in [3.8, 4) is 0 Å². The Labute approximate surface area is 149 Å². The van der Waals surface area contributed by atoms with Gasteiger partial charge in [-0.05, 0) is 55.6 Å². The second-order valence-electron chi connectivity index (χ2n) is 6.25. The maximum absolute atomic E-state index is 11.3. The maximum atomic E-state index is 11.3. The van der Waals surface area contributed by atoms with Crippen molar-refractivity contribution in [2.45, 2.75) is 62.5 Å². The van der Waals surface area contributed by atoms with Crippen LogP contribution in [-0.4, -0.2) is 36.0 Å². The third kappa shape index (κ3) is 7.81. The van der Waals surface area contributed by atoms with Crippen molar-refractivity contribution in [1.82, 2.24) is 0 Å². The monoisotopic (exact) mass is 372 g/mol. The molecular formula is C18H28O4S2. The van der Waals surface area contributed by atoms with Crippen LogP contribution in [0.15, 0.2) is 29.2 Å². The molecule has 0 radical (unpaired) electrons. The van der Waals surface area contributed by atoms with Gasteiger partial charge in [0.25, 0.3) is 0 Å². The van der Waals surface area contributed by atoms with Crippen molar-refractivity contribution in [3.05, 3.63) is 29.8 Å². The fourth-order valence-corrected chi connectivity index (χ4v) is 5.20. The molecule has 1 saturated carbocycles. The zero-order chi connectivity index (χ0) is 18.2. The number of benzene rings is 1. The van der Waals surface area contributed by atoms with Gasteiger partial charge in [-0.15, -0.1) is 0 Å². The quantitative estimate of drug-likeness (QED) is 0.586. The van der Waals surface area contributed by atoms with E-state index in [2.05, 4.69) is 6.26 Å². The zero-order valence-electron chi connectivity index (χ0n) is 14.8. The summed E-state index contributed by atoms with van der Waals surface area (Å²) in [6.07, 6.45) is 9.95. The summed E-state index contributed by atoms with van der Waals surface area (Å²) >= 11 is 0. The summed E-state index contributed by atoms with van der Waals surface area (Å²) in [5.74, 6) is 1.30. The van der Waals surface area contributed by atoms with Gasteiger partial charge >= 0.3 is 0 Å². The summed E-state index contributed by atoms with van der Waals surface area (Å²) in [6, 6.07) is 5.78. The largest absolute Gasteiger partial charge is 0.744 e. The van der Waals surface area contributed by atoms with E-state index in [1.54, 1.807) is 12.1 Å². The minimum Gasteiger partial charge on any atom is -0.744 e. The van der Waals surface area contributed by atoms with Crippen molar-refractivity contribution in [2.24, 2.45) is 0 Å². The van der Waals surface area contributed by atoms with Crippen LogP contribution in [0.3, 0.4) is 0 Å². The molecule has 1 unspecified atom stereocenters. The highest BCUT2D eigenvalue weighted by atomic mass is 32.2. The van der Waals surface area contributed by atoms with Crippen LogP contribution < -0.4 is 0 Å². The average molecular weight is 373 g/mol. The van der Waals surface area contributed by atoms with Crippen molar-refractivity contribution < 1.29 is 17.8 Å². The van der Waals surface area contributed by atoms with Gasteiger partial charge in [-0.1, -0.05) is 31.0 Å². The predicted molar refractivity (Wildman–Crippen MR) is 99.5 cm³/mol. The van der Waals surface area contributed by atoms with Gasteiger partial charge in [0.05, 0.1) is 11.2 Å². The Balaban J connectivity index is 0.000000243. The first-order chi connectivity index (χ1) is 11.2. The van der Waals surface area contributed by atoms with E-state index in [9.17, 15) is 17.8 Å². The SMILES string of the molecule is CCC(=O)C[S+](C)C1CCCCC1.Cc1ccc(S(=O)(=O)[O-])cc1. The van der Waals surface area contributed by atoms with E-state index in [-0.39, 0.29) is 4.90 Å². The summed E-state index contributed by atoms with van der Waals surface area (Å²) in [7, 11) is -3.91. The van der Waals surface area contributed by atoms with Gasteiger partial charge in [-0.2, -0.15) is 0 Å². The Morgan fingerprint density at radius 3 is 2.17 bits per heavy atom. The van der Waals surface area contributed by atoms with Gasteiger partial charge in [0.1, 0.15) is 15.4 Å². The van der Waals surface area contributed by atoms with Crippen LogP contribution in [0.1, 0.15) is 51.0 Å². The molecule has 1 aromatic carbocycles. The zero-order valence-corrected chi connectivity index (χ0v) is 16.4. The van der Waals surface area contributed by atoms with Crippen LogP contribution in [0.2, 0.25) is 0 Å². The second-order valence-corrected chi connectivity index (χ2v) is 9.97. The molecular weight excluding hydrogens is 344 g/mol. The highest BCUT2D eigenvalue weighted by Gasteiger charge is 2.29. The van der Waals surface area contributed by atoms with E-state index in [1.807, 2.05) is 13.8 Å². The number of hydrogen-bond donors (Lipinski definition) is 0. The molecule has 0 bridgehead atoms. The summed E-state index contributed by atoms with van der Waals surface area (Å²) in [4.78, 5) is 11.1. The van der Waals surface area contributed by atoms with Crippen molar-refractivity contribution >= 4 is 26.8 Å². The Morgan fingerprint density at radius 2 is 1.71 bits per heavy atom. The number of aryl methyl sites for hydroxylation is 1. The van der Waals surface area contributed by atoms with E-state index in [1.165, 1.54) is 44.2 Å². The second kappa shape index (κ2) is 10.2. The molecule has 0 N–H and O–H groups in total. The van der Waals surface area contributed by atoms with Crippen LogP contribution >= 0.6 is 0 Å². The van der Waals surface area contributed by atoms with Gasteiger partial charge in [0, 0.05) is 6.42 Å². The smallest absolute Gasteiger partial charge is 0.181 e. The minimum absolute atomic E-state index is 0.178. The van der Waals surface area contributed by atoms with E-state index in [0.717, 1.165) is 23.0 Å². The molecule has 136 valence electrons. The van der Waals surface area contributed by atoms with Gasteiger partial charge in [-0.25, -0.2) is 8.42 Å². The first-order valence-electron chi connectivity index (χ1n) is 8.39. The fourth-order valence-electron chi connectivity index (χ4n) is 2.65. The first kappa shape index (κ1) is 21.2. The lowest BCUT2D eigenvalue weighted by Gasteiger charge is -2.20. The number of rotatable bonds is 5. The molecule has 0 spiro atoms. The molecule has 24 heavy (non-hydrogen) atoms. The number of carbonyl (C=O) groups excluding carboxylic acids is 1. The van der Waals surface area contributed by atoms with Crippen molar-refractivity contribution in [2.75, 3.05) is 12.0 Å². The minimum atomic E-state index is -4.27. The molecule has 0 aromatic heterocycles. The lowest BCUT2D eigenvalue weighted by Crippen LogP contribution is -2.28. The molecule has 1 aromatic rings. The molecule has 0 heterocycles. The normalized spacial score (nSPS) is 16.8. The van der Waals surface area contributed by atoms with Gasteiger partial charge < -0.3 is 4.55 Å². The van der Waals surface area contributed by atoms with Crippen LogP contribution in [0, 0.1) is 6.92 Å². The first-order valence-corrected chi connectivity index (χ1v) is 11.7. The number of hydrogen-bond acceptors (Lipinski definition) is 4. The summed E-state index contributed by atoms with van der Waals surface area (Å²) in [5, 5.41) is 0.865. The van der Waals surface area contributed by atoms with Gasteiger partial charge in [-0.3, -0.25) is 4.79 Å². The topological polar surface area (TPSA) is 74.3 Å². The standard InChI is InChI=1S/C11H21OS.C7H8O3S/c1-3-10(12)9-13(2)11-7-5-4-6-8-11;1-6-2-4-7(5-3-6)11(8,9)10/h11H,3-9H2,1-2H3;2-5H,1H3,(H,8,9,10)/q+1;/p-1.